The average molecular weight is 316 g/mol. The number of hydrogen-bond donors (Lipinski definition) is 1. The van der Waals surface area contributed by atoms with Gasteiger partial charge in [-0.1, -0.05) is 11.6 Å². The molecule has 0 aliphatic carbocycles. The third kappa shape index (κ3) is 2.91. The summed E-state index contributed by atoms with van der Waals surface area (Å²) in [5.41, 5.74) is 0.461. The summed E-state index contributed by atoms with van der Waals surface area (Å²) >= 11 is 5.84. The molecule has 1 aromatic heterocycles. The molecule has 1 saturated heterocycles. The fourth-order valence-electron chi connectivity index (χ4n) is 2.59. The summed E-state index contributed by atoms with van der Waals surface area (Å²) in [5.74, 6) is 0. The average Bonchev–Trinajstić information content (AvgIpc) is 3.07. The van der Waals surface area contributed by atoms with Gasteiger partial charge in [0.15, 0.2) is 0 Å². The Morgan fingerprint density at radius 1 is 1.29 bits per heavy atom. The second-order valence-corrected chi connectivity index (χ2v) is 5.47. The van der Waals surface area contributed by atoms with Crippen LogP contribution in [0.3, 0.4) is 0 Å². The highest BCUT2D eigenvalue weighted by molar-refractivity contribution is 6.30. The Morgan fingerprint density at radius 3 is 2.76 bits per heavy atom. The van der Waals surface area contributed by atoms with Crippen LogP contribution < -0.4 is 5.32 Å². The lowest BCUT2D eigenvalue weighted by Crippen LogP contribution is -2.16. The van der Waals surface area contributed by atoms with Crippen LogP contribution in [0.1, 0.15) is 30.1 Å². The first-order chi connectivity index (χ1) is 9.95. The number of rotatable bonds is 2. The molecule has 1 aliphatic rings. The molecule has 1 aromatic carbocycles. The van der Waals surface area contributed by atoms with Gasteiger partial charge < -0.3 is 9.88 Å². The first kappa shape index (κ1) is 14.4. The molecule has 3 nitrogen and oxygen atoms in total. The van der Waals surface area contributed by atoms with Gasteiger partial charge in [-0.25, -0.2) is 4.98 Å². The zero-order chi connectivity index (χ0) is 15.0. The van der Waals surface area contributed by atoms with Gasteiger partial charge in [-0.2, -0.15) is 13.2 Å². The molecule has 7 heteroatoms. The lowest BCUT2D eigenvalue weighted by atomic mass is 10.1. The van der Waals surface area contributed by atoms with Gasteiger partial charge in [0.05, 0.1) is 23.8 Å². The zero-order valence-electron chi connectivity index (χ0n) is 11.0. The third-order valence-electron chi connectivity index (χ3n) is 3.57. The van der Waals surface area contributed by atoms with Crippen molar-refractivity contribution in [3.8, 4) is 5.69 Å². The predicted octanol–water partition coefficient (Wildman–Crippen LogP) is 3.97. The summed E-state index contributed by atoms with van der Waals surface area (Å²) in [6.45, 7) is 0.902. The topological polar surface area (TPSA) is 29.9 Å². The maximum Gasteiger partial charge on any atom is 0.416 e. The van der Waals surface area contributed by atoms with Gasteiger partial charge in [0, 0.05) is 16.8 Å². The summed E-state index contributed by atoms with van der Waals surface area (Å²) in [7, 11) is 0. The molecule has 112 valence electrons. The fraction of sp³-hybridized carbons (Fsp3) is 0.357. The number of nitrogens with one attached hydrogen (secondary N) is 1. The van der Waals surface area contributed by atoms with E-state index in [1.165, 1.54) is 12.4 Å². The number of aromatic nitrogens is 2. The lowest BCUT2D eigenvalue weighted by Gasteiger charge is -2.16. The smallest absolute Gasteiger partial charge is 0.309 e. The van der Waals surface area contributed by atoms with E-state index >= 15 is 0 Å². The normalized spacial score (nSPS) is 19.1. The molecule has 0 unspecified atom stereocenters. The summed E-state index contributed by atoms with van der Waals surface area (Å²) in [6.07, 6.45) is 0.752. The second kappa shape index (κ2) is 5.35. The van der Waals surface area contributed by atoms with Crippen molar-refractivity contribution < 1.29 is 13.2 Å². The van der Waals surface area contributed by atoms with Crippen LogP contribution in [-0.2, 0) is 6.18 Å². The molecule has 0 saturated carbocycles. The molecule has 1 fully saturated rings. The molecule has 3 rings (SSSR count). The van der Waals surface area contributed by atoms with Crippen LogP contribution in [0.15, 0.2) is 30.7 Å². The Labute approximate surface area is 124 Å². The molecule has 21 heavy (non-hydrogen) atoms. The van der Waals surface area contributed by atoms with Crippen LogP contribution in [-0.4, -0.2) is 16.1 Å². The zero-order valence-corrected chi connectivity index (χ0v) is 11.7. The number of hydrogen-bond acceptors (Lipinski definition) is 2. The molecule has 2 aromatic rings. The predicted molar refractivity (Wildman–Crippen MR) is 73.6 cm³/mol. The van der Waals surface area contributed by atoms with Gasteiger partial charge in [-0.05, 0) is 37.6 Å². The fourth-order valence-corrected chi connectivity index (χ4v) is 2.82. The van der Waals surface area contributed by atoms with Crippen molar-refractivity contribution in [1.29, 1.82) is 0 Å². The molecule has 0 spiro atoms. The van der Waals surface area contributed by atoms with E-state index in [9.17, 15) is 13.2 Å². The van der Waals surface area contributed by atoms with E-state index in [-0.39, 0.29) is 11.1 Å². The first-order valence-corrected chi connectivity index (χ1v) is 6.97. The maximum atomic E-state index is 12.9. The van der Waals surface area contributed by atoms with E-state index in [4.69, 9.17) is 11.6 Å². The van der Waals surface area contributed by atoms with Crippen molar-refractivity contribution in [1.82, 2.24) is 14.9 Å². The Kier molecular flexibility index (Phi) is 3.67. The van der Waals surface area contributed by atoms with Crippen LogP contribution >= 0.6 is 11.6 Å². The van der Waals surface area contributed by atoms with Crippen molar-refractivity contribution >= 4 is 11.6 Å². The molecule has 0 bridgehead atoms. The molecule has 0 radical (unpaired) electrons. The maximum absolute atomic E-state index is 12.9. The molecule has 0 amide bonds. The van der Waals surface area contributed by atoms with Crippen LogP contribution in [0.25, 0.3) is 5.69 Å². The Balaban J connectivity index is 2.05. The van der Waals surface area contributed by atoms with E-state index in [1.807, 2.05) is 0 Å². The first-order valence-electron chi connectivity index (χ1n) is 6.59. The molecule has 1 atom stereocenters. The Bertz CT molecular complexity index is 645. The molecule has 2 heterocycles. The van der Waals surface area contributed by atoms with E-state index in [1.54, 1.807) is 10.8 Å². The van der Waals surface area contributed by atoms with Crippen LogP contribution in [0, 0.1) is 0 Å². The van der Waals surface area contributed by atoms with Crippen molar-refractivity contribution in [3.05, 3.63) is 47.0 Å². The van der Waals surface area contributed by atoms with E-state index in [0.717, 1.165) is 37.2 Å². The van der Waals surface area contributed by atoms with Gasteiger partial charge in [0.25, 0.3) is 0 Å². The Morgan fingerprint density at radius 2 is 2.10 bits per heavy atom. The standard InChI is InChI=1S/C14H13ClF3N3/c15-10-4-9(14(16,17)18)5-11(6-10)21-8-19-7-13(21)12-2-1-3-20-12/h4-8,12,20H,1-3H2/t12-/m0/s1. The summed E-state index contributed by atoms with van der Waals surface area (Å²) < 4.78 is 40.3. The van der Waals surface area contributed by atoms with Gasteiger partial charge in [0.2, 0.25) is 0 Å². The number of nitrogens with zero attached hydrogens (tertiary/aromatic N) is 2. The highest BCUT2D eigenvalue weighted by atomic mass is 35.5. The van der Waals surface area contributed by atoms with Crippen LogP contribution in [0.4, 0.5) is 13.2 Å². The van der Waals surface area contributed by atoms with Gasteiger partial charge >= 0.3 is 6.18 Å². The summed E-state index contributed by atoms with van der Waals surface area (Å²) in [6, 6.07) is 3.64. The van der Waals surface area contributed by atoms with Crippen molar-refractivity contribution in [2.24, 2.45) is 0 Å². The van der Waals surface area contributed by atoms with E-state index < -0.39 is 11.7 Å². The quantitative estimate of drug-likeness (QED) is 0.909. The SMILES string of the molecule is FC(F)(F)c1cc(Cl)cc(-n2cncc2[C@@H]2CCCN2)c1. The monoisotopic (exact) mass is 315 g/mol. The minimum absolute atomic E-state index is 0.0545. The van der Waals surface area contributed by atoms with Gasteiger partial charge in [-0.15, -0.1) is 0 Å². The number of imidazole rings is 1. The van der Waals surface area contributed by atoms with Crippen molar-refractivity contribution in [2.75, 3.05) is 6.54 Å². The van der Waals surface area contributed by atoms with Gasteiger partial charge in [0.1, 0.15) is 0 Å². The minimum atomic E-state index is -4.42. The van der Waals surface area contributed by atoms with E-state index in [2.05, 4.69) is 10.3 Å². The molecular formula is C14H13ClF3N3. The van der Waals surface area contributed by atoms with Crippen molar-refractivity contribution in [3.63, 3.8) is 0 Å². The number of halogens is 4. The number of benzene rings is 1. The van der Waals surface area contributed by atoms with E-state index in [0.29, 0.717) is 5.69 Å². The third-order valence-corrected chi connectivity index (χ3v) is 3.79. The minimum Gasteiger partial charge on any atom is -0.309 e. The molecular weight excluding hydrogens is 303 g/mol. The highest BCUT2D eigenvalue weighted by Gasteiger charge is 2.31. The number of alkyl halides is 3. The largest absolute Gasteiger partial charge is 0.416 e. The van der Waals surface area contributed by atoms with Crippen LogP contribution in [0.2, 0.25) is 5.02 Å². The summed E-state index contributed by atoms with van der Waals surface area (Å²) in [4.78, 5) is 4.06. The van der Waals surface area contributed by atoms with Crippen LogP contribution in [0.5, 0.6) is 0 Å². The van der Waals surface area contributed by atoms with Gasteiger partial charge in [-0.3, -0.25) is 0 Å². The van der Waals surface area contributed by atoms with Crippen molar-refractivity contribution in [2.45, 2.75) is 25.1 Å². The second-order valence-electron chi connectivity index (χ2n) is 5.03. The Hall–Kier alpha value is -1.53. The lowest BCUT2D eigenvalue weighted by molar-refractivity contribution is -0.137. The highest BCUT2D eigenvalue weighted by Crippen LogP contribution is 2.34. The molecule has 1 aliphatic heterocycles. The molecule has 1 N–H and O–H groups in total. The summed E-state index contributed by atoms with van der Waals surface area (Å²) in [5, 5.41) is 3.37.